The second-order valence-corrected chi connectivity index (χ2v) is 7.79. The van der Waals surface area contributed by atoms with Crippen molar-refractivity contribution in [1.29, 1.82) is 0 Å². The number of aryl methyl sites for hydroxylation is 1. The fraction of sp³-hybridized carbons (Fsp3) is 0.200. The number of methoxy groups -OCH3 is 1. The van der Waals surface area contributed by atoms with Gasteiger partial charge in [0.15, 0.2) is 5.16 Å². The number of para-hydroxylation sites is 1. The molecule has 0 aliphatic heterocycles. The van der Waals surface area contributed by atoms with Crippen LogP contribution in [-0.2, 0) is 11.8 Å². The highest BCUT2D eigenvalue weighted by molar-refractivity contribution is 8.00. The molecule has 0 bridgehead atoms. The van der Waals surface area contributed by atoms with Gasteiger partial charge in [-0.15, -0.1) is 10.2 Å². The first-order valence-electron chi connectivity index (χ1n) is 8.94. The van der Waals surface area contributed by atoms with Gasteiger partial charge in [0, 0.05) is 12.7 Å². The van der Waals surface area contributed by atoms with Gasteiger partial charge in [-0.3, -0.25) is 18.6 Å². The molecule has 2 aromatic heterocycles. The minimum atomic E-state index is -0.430. The van der Waals surface area contributed by atoms with Crippen molar-refractivity contribution in [1.82, 2.24) is 19.2 Å². The van der Waals surface area contributed by atoms with Gasteiger partial charge in [-0.05, 0) is 43.3 Å². The predicted octanol–water partition coefficient (Wildman–Crippen LogP) is 2.71. The van der Waals surface area contributed by atoms with Crippen LogP contribution in [0.2, 0.25) is 0 Å². The van der Waals surface area contributed by atoms with Crippen LogP contribution >= 0.6 is 11.8 Å². The van der Waals surface area contributed by atoms with Crippen molar-refractivity contribution in [3.8, 4) is 5.75 Å². The van der Waals surface area contributed by atoms with Crippen molar-refractivity contribution >= 4 is 40.0 Å². The standard InChI is InChI=1S/C20H19N5O3S/c1-12(17(26)21-13-8-10-14(28-3)11-9-13)29-20-23-22-19-24(2)18(27)15-6-4-5-7-16(15)25(19)20/h4-12H,1-3H3,(H,21,26). The molecule has 0 spiro atoms. The zero-order valence-electron chi connectivity index (χ0n) is 16.1. The number of thioether (sulfide) groups is 1. The van der Waals surface area contributed by atoms with Crippen LogP contribution in [0.3, 0.4) is 0 Å². The number of benzene rings is 2. The molecule has 9 heteroatoms. The van der Waals surface area contributed by atoms with Crippen molar-refractivity contribution < 1.29 is 9.53 Å². The summed E-state index contributed by atoms with van der Waals surface area (Å²) in [5, 5.41) is 11.9. The van der Waals surface area contributed by atoms with Crippen molar-refractivity contribution in [2.24, 2.45) is 7.05 Å². The molecule has 148 valence electrons. The predicted molar refractivity (Wildman–Crippen MR) is 113 cm³/mol. The summed E-state index contributed by atoms with van der Waals surface area (Å²) < 4.78 is 8.39. The third-order valence-corrected chi connectivity index (χ3v) is 5.65. The fourth-order valence-corrected chi connectivity index (χ4v) is 3.87. The summed E-state index contributed by atoms with van der Waals surface area (Å²) in [5.41, 5.74) is 1.26. The van der Waals surface area contributed by atoms with E-state index in [1.165, 1.54) is 16.3 Å². The van der Waals surface area contributed by atoms with Gasteiger partial charge in [0.25, 0.3) is 5.56 Å². The molecule has 1 atom stereocenters. The highest BCUT2D eigenvalue weighted by Crippen LogP contribution is 2.26. The molecule has 29 heavy (non-hydrogen) atoms. The van der Waals surface area contributed by atoms with Gasteiger partial charge >= 0.3 is 0 Å². The maximum absolute atomic E-state index is 12.6. The number of nitrogens with one attached hydrogen (secondary N) is 1. The second-order valence-electron chi connectivity index (χ2n) is 6.48. The molecule has 2 aromatic carbocycles. The Kier molecular flexibility index (Phi) is 4.98. The zero-order chi connectivity index (χ0) is 20.5. The van der Waals surface area contributed by atoms with E-state index in [-0.39, 0.29) is 11.5 Å². The van der Waals surface area contributed by atoms with Gasteiger partial charge in [-0.25, -0.2) is 0 Å². The number of ether oxygens (including phenoxy) is 1. The first kappa shape index (κ1) is 19.0. The van der Waals surface area contributed by atoms with Crippen molar-refractivity contribution in [2.75, 3.05) is 12.4 Å². The van der Waals surface area contributed by atoms with Crippen LogP contribution in [-0.4, -0.2) is 37.4 Å². The molecule has 1 unspecified atom stereocenters. The minimum absolute atomic E-state index is 0.137. The molecule has 0 radical (unpaired) electrons. The summed E-state index contributed by atoms with van der Waals surface area (Å²) in [6.45, 7) is 1.80. The maximum Gasteiger partial charge on any atom is 0.262 e. The van der Waals surface area contributed by atoms with E-state index < -0.39 is 5.25 Å². The average molecular weight is 409 g/mol. The Balaban J connectivity index is 1.63. The molecule has 1 N–H and O–H groups in total. The van der Waals surface area contributed by atoms with E-state index in [4.69, 9.17) is 4.74 Å². The minimum Gasteiger partial charge on any atom is -0.497 e. The number of fused-ring (bicyclic) bond motifs is 3. The van der Waals surface area contributed by atoms with Gasteiger partial charge in [-0.2, -0.15) is 0 Å². The van der Waals surface area contributed by atoms with Crippen LogP contribution in [0.1, 0.15) is 6.92 Å². The van der Waals surface area contributed by atoms with Gasteiger partial charge in [0.2, 0.25) is 11.7 Å². The quantitative estimate of drug-likeness (QED) is 0.510. The van der Waals surface area contributed by atoms with Gasteiger partial charge in [0.05, 0.1) is 23.3 Å². The fourth-order valence-electron chi connectivity index (χ4n) is 3.02. The normalized spacial score (nSPS) is 12.2. The summed E-state index contributed by atoms with van der Waals surface area (Å²) in [6, 6.07) is 14.4. The van der Waals surface area contributed by atoms with E-state index in [0.29, 0.717) is 27.5 Å². The smallest absolute Gasteiger partial charge is 0.262 e. The monoisotopic (exact) mass is 409 g/mol. The Hall–Kier alpha value is -3.33. The molecule has 4 rings (SSSR count). The average Bonchev–Trinajstić information content (AvgIpc) is 3.16. The van der Waals surface area contributed by atoms with Crippen molar-refractivity contribution in [3.63, 3.8) is 0 Å². The number of anilines is 1. The van der Waals surface area contributed by atoms with Crippen LogP contribution in [0.25, 0.3) is 16.7 Å². The number of carbonyl (C=O) groups is 1. The lowest BCUT2D eigenvalue weighted by molar-refractivity contribution is -0.115. The Morgan fingerprint density at radius 2 is 1.86 bits per heavy atom. The number of nitrogens with zero attached hydrogens (tertiary/aromatic N) is 4. The molecule has 0 aliphatic carbocycles. The molecule has 4 aromatic rings. The van der Waals surface area contributed by atoms with E-state index in [0.717, 1.165) is 5.75 Å². The number of rotatable bonds is 5. The van der Waals surface area contributed by atoms with E-state index in [9.17, 15) is 9.59 Å². The molecular formula is C20H19N5O3S. The maximum atomic E-state index is 12.6. The Bertz CT molecular complexity index is 1260. The molecule has 0 saturated carbocycles. The molecular weight excluding hydrogens is 390 g/mol. The Labute approximate surface area is 170 Å². The third kappa shape index (κ3) is 3.44. The third-order valence-electron chi connectivity index (χ3n) is 4.61. The van der Waals surface area contributed by atoms with Crippen LogP contribution < -0.4 is 15.6 Å². The number of hydrogen-bond donors (Lipinski definition) is 1. The second kappa shape index (κ2) is 7.59. The number of carbonyl (C=O) groups excluding carboxylic acids is 1. The molecule has 1 amide bonds. The molecule has 0 fully saturated rings. The highest BCUT2D eigenvalue weighted by atomic mass is 32.2. The lowest BCUT2D eigenvalue weighted by Gasteiger charge is -2.12. The number of hydrogen-bond acceptors (Lipinski definition) is 6. The summed E-state index contributed by atoms with van der Waals surface area (Å²) >= 11 is 1.28. The van der Waals surface area contributed by atoms with Crippen LogP contribution in [0.5, 0.6) is 5.75 Å². The highest BCUT2D eigenvalue weighted by Gasteiger charge is 2.21. The lowest BCUT2D eigenvalue weighted by atomic mass is 10.2. The summed E-state index contributed by atoms with van der Waals surface area (Å²) in [5.74, 6) is 0.989. The number of amides is 1. The van der Waals surface area contributed by atoms with E-state index in [1.807, 2.05) is 18.2 Å². The molecule has 0 saturated heterocycles. The Morgan fingerprint density at radius 3 is 2.59 bits per heavy atom. The van der Waals surface area contributed by atoms with E-state index in [1.54, 1.807) is 55.8 Å². The van der Waals surface area contributed by atoms with Gasteiger partial charge < -0.3 is 10.1 Å². The Morgan fingerprint density at radius 1 is 1.14 bits per heavy atom. The summed E-state index contributed by atoms with van der Waals surface area (Å²) in [6.07, 6.45) is 0. The van der Waals surface area contributed by atoms with Gasteiger partial charge in [0.1, 0.15) is 5.75 Å². The molecule has 0 aliphatic rings. The van der Waals surface area contributed by atoms with Crippen LogP contribution in [0.15, 0.2) is 58.5 Å². The van der Waals surface area contributed by atoms with E-state index in [2.05, 4.69) is 15.5 Å². The first-order valence-corrected chi connectivity index (χ1v) is 9.82. The molecule has 2 heterocycles. The topological polar surface area (TPSA) is 90.5 Å². The van der Waals surface area contributed by atoms with Crippen LogP contribution in [0.4, 0.5) is 5.69 Å². The van der Waals surface area contributed by atoms with Crippen molar-refractivity contribution in [3.05, 3.63) is 58.9 Å². The summed E-state index contributed by atoms with van der Waals surface area (Å²) in [7, 11) is 3.25. The largest absolute Gasteiger partial charge is 0.497 e. The molecule has 8 nitrogen and oxygen atoms in total. The van der Waals surface area contributed by atoms with E-state index >= 15 is 0 Å². The SMILES string of the molecule is COc1ccc(NC(=O)C(C)Sc2nnc3n(C)c(=O)c4ccccc4n23)cc1. The number of aromatic nitrogens is 4. The zero-order valence-corrected chi connectivity index (χ0v) is 16.9. The summed E-state index contributed by atoms with van der Waals surface area (Å²) in [4.78, 5) is 25.2. The van der Waals surface area contributed by atoms with Gasteiger partial charge in [-0.1, -0.05) is 23.9 Å². The van der Waals surface area contributed by atoms with Crippen molar-refractivity contribution in [2.45, 2.75) is 17.3 Å². The van der Waals surface area contributed by atoms with Crippen LogP contribution in [0, 0.1) is 0 Å². The lowest BCUT2D eigenvalue weighted by Crippen LogP contribution is -2.23. The first-order chi connectivity index (χ1) is 14.0.